The zero-order valence-corrected chi connectivity index (χ0v) is 55.3. The van der Waals surface area contributed by atoms with Crippen LogP contribution in [0, 0.1) is 0 Å². The van der Waals surface area contributed by atoms with Gasteiger partial charge in [0.15, 0.2) is 19.8 Å². The average molecular weight is 1180 g/mol. The van der Waals surface area contributed by atoms with Gasteiger partial charge in [0.05, 0.1) is 21.3 Å². The third-order valence-corrected chi connectivity index (χ3v) is 15.9. The Labute approximate surface area is 512 Å². The van der Waals surface area contributed by atoms with Crippen molar-refractivity contribution in [1.82, 2.24) is 0 Å². The molecule has 0 amide bonds. The van der Waals surface area contributed by atoms with Gasteiger partial charge < -0.3 is 43.7 Å². The van der Waals surface area contributed by atoms with E-state index in [0.29, 0.717) is 60.9 Å². The fourth-order valence-electron chi connectivity index (χ4n) is 10.8. The Bertz CT molecular complexity index is 3450. The van der Waals surface area contributed by atoms with Gasteiger partial charge in [0.2, 0.25) is 0 Å². The van der Waals surface area contributed by atoms with Crippen LogP contribution in [0.15, 0.2) is 84.9 Å². The molecule has 12 heteroatoms. The van der Waals surface area contributed by atoms with Gasteiger partial charge in [-0.3, -0.25) is 0 Å². The van der Waals surface area contributed by atoms with Crippen LogP contribution in [0.1, 0.15) is 214 Å². The molecule has 0 saturated carbocycles. The predicted octanol–water partition coefficient (Wildman–Crippen LogP) is 15.8. The molecule has 0 radical (unpaired) electrons. The summed E-state index contributed by atoms with van der Waals surface area (Å²) in [5.41, 5.74) is 13.0. The lowest BCUT2D eigenvalue weighted by atomic mass is 9.80. The van der Waals surface area contributed by atoms with Crippen LogP contribution in [0.2, 0.25) is 0 Å². The lowest BCUT2D eigenvalue weighted by Crippen LogP contribution is -2.18. The maximum absolute atomic E-state index is 12.6. The third kappa shape index (κ3) is 17.2. The normalized spacial score (nSPS) is 12.4. The van der Waals surface area contributed by atoms with Crippen molar-refractivity contribution < 1.29 is 58.1 Å². The molecule has 464 valence electrons. The van der Waals surface area contributed by atoms with E-state index in [1.165, 1.54) is 0 Å². The Balaban J connectivity index is 1.61. The number of aliphatic carboxylic acids is 3. The van der Waals surface area contributed by atoms with E-state index in [4.69, 9.17) is 28.4 Å². The molecule has 6 aromatic rings. The number of hydrogen-bond acceptors (Lipinski definition) is 9. The molecule has 0 fully saturated rings. The van der Waals surface area contributed by atoms with Gasteiger partial charge in [0.1, 0.15) is 34.5 Å². The van der Waals surface area contributed by atoms with Crippen LogP contribution in [0.25, 0.3) is 0 Å². The molecule has 3 N–H and O–H groups in total. The number of carboxylic acids is 3. The molecule has 0 heterocycles. The van der Waals surface area contributed by atoms with Crippen molar-refractivity contribution in [2.45, 2.75) is 189 Å². The molecule has 0 aliphatic carbocycles. The summed E-state index contributed by atoms with van der Waals surface area (Å²) < 4.78 is 37.8. The van der Waals surface area contributed by atoms with Crippen LogP contribution in [0.4, 0.5) is 0 Å². The van der Waals surface area contributed by atoms with E-state index in [1.807, 2.05) is 18.2 Å². The summed E-state index contributed by atoms with van der Waals surface area (Å²) in [6.07, 6.45) is 1.70. The van der Waals surface area contributed by atoms with Gasteiger partial charge in [-0.2, -0.15) is 0 Å². The number of carboxylic acid groups (broad SMARTS) is 3. The molecule has 12 nitrogen and oxygen atoms in total. The van der Waals surface area contributed by atoms with Gasteiger partial charge in [-0.1, -0.05) is 197 Å². The Morgan fingerprint density at radius 1 is 0.291 bits per heavy atom. The van der Waals surface area contributed by atoms with Gasteiger partial charge in [-0.25, -0.2) is 14.4 Å². The number of hydrogen-bond donors (Lipinski definition) is 3. The summed E-state index contributed by atoms with van der Waals surface area (Å²) in [6.45, 7) is 37.2. The summed E-state index contributed by atoms with van der Waals surface area (Å²) in [5, 5.41) is 30.1. The maximum atomic E-state index is 12.6. The minimum absolute atomic E-state index is 0.141. The van der Waals surface area contributed by atoms with Crippen molar-refractivity contribution in [2.75, 3.05) is 41.2 Å². The Morgan fingerprint density at radius 3 is 0.756 bits per heavy atom. The number of rotatable bonds is 22. The molecule has 0 bridgehead atoms. The summed E-state index contributed by atoms with van der Waals surface area (Å²) in [5.74, 6) is 0.0970. The average Bonchev–Trinajstić information content (AvgIpc) is 1.03. The summed E-state index contributed by atoms with van der Waals surface area (Å²) >= 11 is 0. The molecule has 0 atom stereocenters. The van der Waals surface area contributed by atoms with Crippen LogP contribution in [-0.4, -0.2) is 74.4 Å². The molecule has 0 spiro atoms. The molecule has 0 aliphatic heterocycles. The molecular weight excluding hydrogens is 1080 g/mol. The first-order chi connectivity index (χ1) is 39.7. The van der Waals surface area contributed by atoms with Crippen molar-refractivity contribution in [3.63, 3.8) is 0 Å². The van der Waals surface area contributed by atoms with E-state index in [9.17, 15) is 29.7 Å². The van der Waals surface area contributed by atoms with E-state index >= 15 is 0 Å². The smallest absolute Gasteiger partial charge is 0.341 e. The highest BCUT2D eigenvalue weighted by Gasteiger charge is 2.30. The van der Waals surface area contributed by atoms with E-state index < -0.39 is 37.7 Å². The van der Waals surface area contributed by atoms with Crippen LogP contribution in [0.5, 0.6) is 34.5 Å². The Morgan fingerprint density at radius 2 is 0.512 bits per heavy atom. The molecule has 0 aromatic heterocycles. The van der Waals surface area contributed by atoms with Crippen molar-refractivity contribution >= 4 is 17.9 Å². The first kappa shape index (κ1) is 67.7. The Kier molecular flexibility index (Phi) is 20.6. The lowest BCUT2D eigenvalue weighted by Gasteiger charge is -2.28. The van der Waals surface area contributed by atoms with Crippen molar-refractivity contribution in [2.24, 2.45) is 0 Å². The first-order valence-corrected chi connectivity index (χ1v) is 29.8. The number of ether oxygens (including phenoxy) is 6. The molecule has 0 saturated heterocycles. The van der Waals surface area contributed by atoms with Crippen molar-refractivity contribution in [1.29, 1.82) is 0 Å². The maximum Gasteiger partial charge on any atom is 0.341 e. The minimum atomic E-state index is -1.12. The second kappa shape index (κ2) is 26.2. The Hall–Kier alpha value is -7.47. The molecule has 6 rings (SSSR count). The number of methoxy groups -OCH3 is 3. The molecule has 0 aliphatic rings. The van der Waals surface area contributed by atoms with Gasteiger partial charge in [-0.15, -0.1) is 0 Å². The topological polar surface area (TPSA) is 167 Å². The third-order valence-electron chi connectivity index (χ3n) is 15.9. The van der Waals surface area contributed by atoms with Gasteiger partial charge in [-0.05, 0) is 134 Å². The molecule has 86 heavy (non-hydrogen) atoms. The van der Waals surface area contributed by atoms with Crippen LogP contribution < -0.4 is 28.4 Å². The van der Waals surface area contributed by atoms with Crippen molar-refractivity contribution in [3.8, 4) is 34.5 Å². The quantitative estimate of drug-likeness (QED) is 0.0589. The fourth-order valence-corrected chi connectivity index (χ4v) is 10.8. The standard InChI is InChI=1S/C74H96O12/c1-69(2,3)54-22-24-60(81-19)44(31-54)26-50-37-58(73(13,14)15)38-51(67(50)85-42-63(77)78)29-48-35-57(72(10,11)12)36-49(66(48)83-21)30-53-40-59(74(16,17)18)39-52(68(53)86-43-64(79)80)28-47-34-56(71(7,8)9)33-46(65(47)82-20)27-45-32-55(70(4,5)6)23-25-61(45)84-41-62(75)76/h22-25,31-40H,26-30,41-43H2,1-21H3,(H,75,76)(H,77,78)(H,79,80). The second-order valence-electron chi connectivity index (χ2n) is 29.2. The van der Waals surface area contributed by atoms with Gasteiger partial charge in [0.25, 0.3) is 0 Å². The van der Waals surface area contributed by atoms with E-state index in [0.717, 1.165) is 94.8 Å². The van der Waals surface area contributed by atoms with E-state index in [1.54, 1.807) is 21.3 Å². The SMILES string of the molecule is COc1ccc(C(C)(C)C)cc1Cc1cc(C(C)(C)C)cc(Cc2cc(C(C)(C)C)cc(Cc3cc(C(C)(C)C)cc(Cc4cc(C(C)(C)C)cc(Cc5cc(C(C)(C)C)ccc5OCC(=O)O)c4OC)c3OCC(=O)O)c2OC)c1OCC(=O)O. The number of carbonyl (C=O) groups is 3. The summed E-state index contributed by atoms with van der Waals surface area (Å²) in [7, 11) is 4.98. The van der Waals surface area contributed by atoms with E-state index in [2.05, 4.69) is 191 Å². The highest BCUT2D eigenvalue weighted by Crippen LogP contribution is 2.44. The second-order valence-corrected chi connectivity index (χ2v) is 29.2. The zero-order chi connectivity index (χ0) is 64.2. The molecule has 6 aromatic carbocycles. The van der Waals surface area contributed by atoms with Crippen LogP contribution >= 0.6 is 0 Å². The predicted molar refractivity (Wildman–Crippen MR) is 344 cm³/mol. The fraction of sp³-hybridized carbons (Fsp3) is 0.473. The molecule has 0 unspecified atom stereocenters. The first-order valence-electron chi connectivity index (χ1n) is 29.8. The number of benzene rings is 6. The minimum Gasteiger partial charge on any atom is -0.496 e. The highest BCUT2D eigenvalue weighted by molar-refractivity contribution is 5.70. The van der Waals surface area contributed by atoms with Crippen LogP contribution in [0.3, 0.4) is 0 Å². The highest BCUT2D eigenvalue weighted by atomic mass is 16.5. The van der Waals surface area contributed by atoms with E-state index in [-0.39, 0.29) is 32.5 Å². The molecular formula is C74H96O12. The van der Waals surface area contributed by atoms with Crippen LogP contribution in [-0.2, 0) is 79.0 Å². The van der Waals surface area contributed by atoms with Crippen molar-refractivity contribution in [3.05, 3.63) is 174 Å². The zero-order valence-electron chi connectivity index (χ0n) is 55.3. The largest absolute Gasteiger partial charge is 0.496 e. The monoisotopic (exact) mass is 1180 g/mol. The summed E-state index contributed by atoms with van der Waals surface area (Å²) in [4.78, 5) is 36.9. The summed E-state index contributed by atoms with van der Waals surface area (Å²) in [6, 6.07) is 29.3. The van der Waals surface area contributed by atoms with Gasteiger partial charge >= 0.3 is 17.9 Å². The van der Waals surface area contributed by atoms with Gasteiger partial charge in [0, 0.05) is 32.1 Å². The lowest BCUT2D eigenvalue weighted by molar-refractivity contribution is -0.140.